The molecule has 0 saturated heterocycles. The summed E-state index contributed by atoms with van der Waals surface area (Å²) in [6.45, 7) is 5.39. The molecule has 1 aliphatic rings. The number of benzene rings is 2. The molecule has 0 spiro atoms. The predicted octanol–water partition coefficient (Wildman–Crippen LogP) is 3.72. The molecule has 0 radical (unpaired) electrons. The molecule has 1 N–H and O–H groups in total. The van der Waals surface area contributed by atoms with E-state index in [9.17, 15) is 12.8 Å². The number of aryl methyl sites for hydroxylation is 1. The first kappa shape index (κ1) is 18.7. The normalized spacial score (nSPS) is 18.7. The maximum atomic E-state index is 13.3. The first-order valence-corrected chi connectivity index (χ1v) is 9.75. The van der Waals surface area contributed by atoms with Crippen LogP contribution in [0.4, 0.5) is 4.39 Å². The van der Waals surface area contributed by atoms with Gasteiger partial charge in [0.05, 0.1) is 18.0 Å². The molecule has 140 valence electrons. The van der Waals surface area contributed by atoms with Crippen LogP contribution in [0, 0.1) is 12.7 Å². The van der Waals surface area contributed by atoms with E-state index < -0.39 is 27.5 Å². The second kappa shape index (κ2) is 6.55. The molecule has 1 aliphatic heterocycles. The third kappa shape index (κ3) is 3.68. The summed E-state index contributed by atoms with van der Waals surface area (Å²) in [5.41, 5.74) is 0.536. The minimum Gasteiger partial charge on any atom is -0.497 e. The highest BCUT2D eigenvalue weighted by Crippen LogP contribution is 2.41. The van der Waals surface area contributed by atoms with Crippen LogP contribution in [0.15, 0.2) is 41.3 Å². The number of hydrogen-bond donors (Lipinski definition) is 1. The zero-order valence-corrected chi connectivity index (χ0v) is 16.0. The number of methoxy groups -OCH3 is 1. The summed E-state index contributed by atoms with van der Waals surface area (Å²) in [7, 11) is -2.28. The fourth-order valence-electron chi connectivity index (χ4n) is 3.23. The van der Waals surface area contributed by atoms with Gasteiger partial charge in [-0.25, -0.2) is 17.5 Å². The molecule has 0 bridgehead atoms. The van der Waals surface area contributed by atoms with Crippen molar-refractivity contribution < 1.29 is 22.3 Å². The molecule has 0 unspecified atom stereocenters. The van der Waals surface area contributed by atoms with E-state index in [1.54, 1.807) is 32.2 Å². The Morgan fingerprint density at radius 2 is 1.96 bits per heavy atom. The Hall–Kier alpha value is -2.12. The van der Waals surface area contributed by atoms with Crippen molar-refractivity contribution in [1.82, 2.24) is 4.72 Å². The predicted molar refractivity (Wildman–Crippen MR) is 96.5 cm³/mol. The van der Waals surface area contributed by atoms with Crippen molar-refractivity contribution >= 4 is 10.0 Å². The molecular formula is C19H22FNO4S. The first-order valence-electron chi connectivity index (χ1n) is 8.27. The van der Waals surface area contributed by atoms with Gasteiger partial charge in [0, 0.05) is 12.0 Å². The van der Waals surface area contributed by atoms with E-state index in [0.717, 1.165) is 6.07 Å². The van der Waals surface area contributed by atoms with Crippen LogP contribution in [-0.2, 0) is 10.0 Å². The van der Waals surface area contributed by atoms with Crippen LogP contribution >= 0.6 is 0 Å². The molecule has 0 amide bonds. The highest BCUT2D eigenvalue weighted by Gasteiger charge is 2.36. The molecule has 0 fully saturated rings. The van der Waals surface area contributed by atoms with E-state index >= 15 is 0 Å². The molecule has 7 heteroatoms. The van der Waals surface area contributed by atoms with Gasteiger partial charge in [-0.2, -0.15) is 0 Å². The molecule has 0 aliphatic carbocycles. The topological polar surface area (TPSA) is 64.6 Å². The van der Waals surface area contributed by atoms with E-state index in [1.165, 1.54) is 12.1 Å². The third-order valence-corrected chi connectivity index (χ3v) is 6.03. The molecule has 26 heavy (non-hydrogen) atoms. The first-order chi connectivity index (χ1) is 12.1. The Morgan fingerprint density at radius 1 is 1.23 bits per heavy atom. The zero-order valence-electron chi connectivity index (χ0n) is 15.2. The van der Waals surface area contributed by atoms with Gasteiger partial charge in [-0.1, -0.05) is 0 Å². The second-order valence-corrected chi connectivity index (χ2v) is 8.74. The van der Waals surface area contributed by atoms with Gasteiger partial charge in [0.1, 0.15) is 22.9 Å². The third-order valence-electron chi connectivity index (χ3n) is 4.40. The minimum atomic E-state index is -3.83. The number of rotatable bonds is 4. The van der Waals surface area contributed by atoms with Gasteiger partial charge in [0.15, 0.2) is 0 Å². The average Bonchev–Trinajstić information content (AvgIpc) is 2.52. The number of sulfonamides is 1. The highest BCUT2D eigenvalue weighted by molar-refractivity contribution is 7.89. The lowest BCUT2D eigenvalue weighted by Crippen LogP contribution is -2.41. The van der Waals surface area contributed by atoms with Crippen LogP contribution in [0.5, 0.6) is 11.5 Å². The standard InChI is InChI=1S/C19H22FNO4S/c1-12-9-13(20)5-8-18(12)26(22,23)21-16-11-19(2,3)25-17-7-6-14(24-4)10-15(16)17/h5-10,16,21H,11H2,1-4H3/t16-/m1/s1. The number of fused-ring (bicyclic) bond motifs is 1. The summed E-state index contributed by atoms with van der Waals surface area (Å²) < 4.78 is 53.1. The van der Waals surface area contributed by atoms with Gasteiger partial charge in [0.2, 0.25) is 10.0 Å². The Labute approximate surface area is 153 Å². The Morgan fingerprint density at radius 3 is 2.62 bits per heavy atom. The number of hydrogen-bond acceptors (Lipinski definition) is 4. The average molecular weight is 379 g/mol. The number of halogens is 1. The largest absolute Gasteiger partial charge is 0.497 e. The zero-order chi connectivity index (χ0) is 19.1. The van der Waals surface area contributed by atoms with E-state index in [0.29, 0.717) is 29.0 Å². The van der Waals surface area contributed by atoms with Crippen molar-refractivity contribution in [3.8, 4) is 11.5 Å². The molecule has 5 nitrogen and oxygen atoms in total. The van der Waals surface area contributed by atoms with Gasteiger partial charge in [-0.05, 0) is 62.7 Å². The summed E-state index contributed by atoms with van der Waals surface area (Å²) in [4.78, 5) is 0.0626. The maximum Gasteiger partial charge on any atom is 0.241 e. The Kier molecular flexibility index (Phi) is 4.71. The van der Waals surface area contributed by atoms with Crippen molar-refractivity contribution in [2.24, 2.45) is 0 Å². The minimum absolute atomic E-state index is 0.0626. The highest BCUT2D eigenvalue weighted by atomic mass is 32.2. The summed E-state index contributed by atoms with van der Waals surface area (Å²) in [5, 5.41) is 0. The second-order valence-electron chi connectivity index (χ2n) is 7.05. The molecule has 2 aromatic rings. The number of nitrogens with one attached hydrogen (secondary N) is 1. The fourth-order valence-corrected chi connectivity index (χ4v) is 4.67. The van der Waals surface area contributed by atoms with Crippen LogP contribution in [0.2, 0.25) is 0 Å². The van der Waals surface area contributed by atoms with Gasteiger partial charge < -0.3 is 9.47 Å². The summed E-state index contributed by atoms with van der Waals surface area (Å²) in [6.07, 6.45) is 0.451. The van der Waals surface area contributed by atoms with Crippen molar-refractivity contribution in [2.45, 2.75) is 43.7 Å². The molecule has 0 saturated carbocycles. The van der Waals surface area contributed by atoms with Gasteiger partial charge in [-0.15, -0.1) is 0 Å². The van der Waals surface area contributed by atoms with E-state index in [-0.39, 0.29) is 4.90 Å². The molecule has 1 atom stereocenters. The van der Waals surface area contributed by atoms with Crippen molar-refractivity contribution in [3.63, 3.8) is 0 Å². The van der Waals surface area contributed by atoms with Gasteiger partial charge in [-0.3, -0.25) is 0 Å². The van der Waals surface area contributed by atoms with Crippen LogP contribution < -0.4 is 14.2 Å². The van der Waals surface area contributed by atoms with Crippen LogP contribution in [-0.4, -0.2) is 21.1 Å². The van der Waals surface area contributed by atoms with Crippen molar-refractivity contribution in [2.75, 3.05) is 7.11 Å². The lowest BCUT2D eigenvalue weighted by molar-refractivity contribution is 0.0700. The van der Waals surface area contributed by atoms with Gasteiger partial charge >= 0.3 is 0 Å². The van der Waals surface area contributed by atoms with E-state index in [2.05, 4.69) is 4.72 Å². The van der Waals surface area contributed by atoms with Crippen molar-refractivity contribution in [1.29, 1.82) is 0 Å². The lowest BCUT2D eigenvalue weighted by Gasteiger charge is -2.38. The Balaban J connectivity index is 2.01. The Bertz CT molecular complexity index is 941. The van der Waals surface area contributed by atoms with E-state index in [1.807, 2.05) is 13.8 Å². The number of ether oxygens (including phenoxy) is 2. The SMILES string of the molecule is COc1ccc2c(c1)[C@H](NS(=O)(=O)c1ccc(F)cc1C)CC(C)(C)O2. The molecule has 3 rings (SSSR count). The summed E-state index contributed by atoms with van der Waals surface area (Å²) in [5.74, 6) is 0.767. The molecular weight excluding hydrogens is 357 g/mol. The monoisotopic (exact) mass is 379 g/mol. The summed E-state index contributed by atoms with van der Waals surface area (Å²) in [6, 6.07) is 8.47. The van der Waals surface area contributed by atoms with Crippen LogP contribution in [0.25, 0.3) is 0 Å². The summed E-state index contributed by atoms with van der Waals surface area (Å²) >= 11 is 0. The molecule has 0 aromatic heterocycles. The van der Waals surface area contributed by atoms with Gasteiger partial charge in [0.25, 0.3) is 0 Å². The lowest BCUT2D eigenvalue weighted by atomic mass is 9.90. The maximum absolute atomic E-state index is 13.3. The van der Waals surface area contributed by atoms with Crippen molar-refractivity contribution in [3.05, 3.63) is 53.3 Å². The fraction of sp³-hybridized carbons (Fsp3) is 0.368. The molecule has 2 aromatic carbocycles. The van der Waals surface area contributed by atoms with E-state index in [4.69, 9.17) is 9.47 Å². The smallest absolute Gasteiger partial charge is 0.241 e. The van der Waals surface area contributed by atoms with Crippen LogP contribution in [0.1, 0.15) is 37.4 Å². The van der Waals surface area contributed by atoms with Crippen LogP contribution in [0.3, 0.4) is 0 Å². The molecule has 1 heterocycles. The quantitative estimate of drug-likeness (QED) is 0.879.